The van der Waals surface area contributed by atoms with Gasteiger partial charge in [-0.15, -0.1) is 0 Å². The fourth-order valence-corrected chi connectivity index (χ4v) is 2.75. The van der Waals surface area contributed by atoms with Crippen LogP contribution >= 0.6 is 0 Å². The number of benzene rings is 1. The van der Waals surface area contributed by atoms with Crippen molar-refractivity contribution in [2.75, 3.05) is 0 Å². The average molecular weight is 256 g/mol. The monoisotopic (exact) mass is 256 g/mol. The predicted molar refractivity (Wildman–Crippen MR) is 71.9 cm³/mol. The highest BCUT2D eigenvalue weighted by Crippen LogP contribution is 2.31. The number of aliphatic carboxylic acids is 1. The lowest BCUT2D eigenvalue weighted by Gasteiger charge is -2.14. The van der Waals surface area contributed by atoms with Gasteiger partial charge in [0.1, 0.15) is 0 Å². The van der Waals surface area contributed by atoms with Gasteiger partial charge in [0.25, 0.3) is 0 Å². The molecule has 1 aromatic heterocycles. The van der Waals surface area contributed by atoms with Crippen LogP contribution in [0.15, 0.2) is 30.3 Å². The Labute approximate surface area is 111 Å². The normalized spacial score (nSPS) is 14.1. The Kier molecular flexibility index (Phi) is 3.07. The molecule has 2 aromatic rings. The molecule has 0 unspecified atom stereocenters. The van der Waals surface area contributed by atoms with Crippen LogP contribution in [0.5, 0.6) is 0 Å². The minimum absolute atomic E-state index is 0.00969. The summed E-state index contributed by atoms with van der Waals surface area (Å²) in [6.07, 6.45) is 3.24. The van der Waals surface area contributed by atoms with Crippen molar-refractivity contribution in [3.8, 4) is 11.1 Å². The first-order valence-electron chi connectivity index (χ1n) is 6.61. The number of hydrogen-bond acceptors (Lipinski definition) is 2. The standard InChI is InChI=1S/C15H16N2O2/c18-14(19)10-12-15(11-6-2-1-3-7-11)13-8-4-5-9-17(13)16-12/h1-3,6-7H,4-5,8-10H2,(H,18,19). The average Bonchev–Trinajstić information content (AvgIpc) is 2.76. The number of carbonyl (C=O) groups is 1. The number of rotatable bonds is 3. The summed E-state index contributed by atoms with van der Waals surface area (Å²) < 4.78 is 1.99. The molecule has 0 spiro atoms. The molecular weight excluding hydrogens is 240 g/mol. The number of carboxylic acid groups (broad SMARTS) is 1. The van der Waals surface area contributed by atoms with Gasteiger partial charge >= 0.3 is 5.97 Å². The molecule has 4 heteroatoms. The molecule has 1 aromatic carbocycles. The van der Waals surface area contributed by atoms with Crippen molar-refractivity contribution in [1.82, 2.24) is 9.78 Å². The molecule has 4 nitrogen and oxygen atoms in total. The van der Waals surface area contributed by atoms with E-state index in [2.05, 4.69) is 5.10 Å². The Morgan fingerprint density at radius 1 is 1.26 bits per heavy atom. The van der Waals surface area contributed by atoms with E-state index < -0.39 is 5.97 Å². The van der Waals surface area contributed by atoms with Crippen molar-refractivity contribution in [3.63, 3.8) is 0 Å². The summed E-state index contributed by atoms with van der Waals surface area (Å²) in [5.74, 6) is -0.826. The summed E-state index contributed by atoms with van der Waals surface area (Å²) in [7, 11) is 0. The van der Waals surface area contributed by atoms with Crippen molar-refractivity contribution in [3.05, 3.63) is 41.7 Å². The van der Waals surface area contributed by atoms with Crippen LogP contribution in [0.4, 0.5) is 0 Å². The van der Waals surface area contributed by atoms with Crippen LogP contribution in [0.3, 0.4) is 0 Å². The highest BCUT2D eigenvalue weighted by molar-refractivity contribution is 5.76. The van der Waals surface area contributed by atoms with Crippen molar-refractivity contribution in [2.24, 2.45) is 0 Å². The van der Waals surface area contributed by atoms with Gasteiger partial charge in [-0.3, -0.25) is 9.48 Å². The number of hydrogen-bond donors (Lipinski definition) is 1. The summed E-state index contributed by atoms with van der Waals surface area (Å²) >= 11 is 0. The molecule has 0 bridgehead atoms. The van der Waals surface area contributed by atoms with Crippen LogP contribution in [0.25, 0.3) is 11.1 Å². The van der Waals surface area contributed by atoms with Gasteiger partial charge in [0.15, 0.2) is 0 Å². The summed E-state index contributed by atoms with van der Waals surface area (Å²) in [5.41, 5.74) is 3.98. The topological polar surface area (TPSA) is 55.1 Å². The van der Waals surface area contributed by atoms with E-state index >= 15 is 0 Å². The van der Waals surface area contributed by atoms with Crippen LogP contribution < -0.4 is 0 Å². The Bertz CT molecular complexity index is 602. The number of fused-ring (bicyclic) bond motifs is 1. The number of aromatic nitrogens is 2. The minimum Gasteiger partial charge on any atom is -0.481 e. The molecule has 0 aliphatic carbocycles. The van der Waals surface area contributed by atoms with Gasteiger partial charge in [-0.2, -0.15) is 5.10 Å². The maximum atomic E-state index is 11.0. The predicted octanol–water partition coefficient (Wildman–Crippen LogP) is 2.51. The van der Waals surface area contributed by atoms with E-state index in [0.29, 0.717) is 5.69 Å². The first kappa shape index (κ1) is 12.0. The van der Waals surface area contributed by atoms with Gasteiger partial charge in [-0.1, -0.05) is 30.3 Å². The largest absolute Gasteiger partial charge is 0.481 e. The third-order valence-corrected chi connectivity index (χ3v) is 3.54. The molecule has 1 aliphatic heterocycles. The second-order valence-electron chi connectivity index (χ2n) is 4.89. The number of carboxylic acids is 1. The molecule has 1 aliphatic rings. The van der Waals surface area contributed by atoms with E-state index in [1.807, 2.05) is 35.0 Å². The quantitative estimate of drug-likeness (QED) is 0.918. The molecule has 3 rings (SSSR count). The molecular formula is C15H16N2O2. The summed E-state index contributed by atoms with van der Waals surface area (Å²) in [6, 6.07) is 9.98. The van der Waals surface area contributed by atoms with E-state index in [-0.39, 0.29) is 6.42 Å². The van der Waals surface area contributed by atoms with E-state index in [0.717, 1.165) is 36.9 Å². The number of nitrogens with zero attached hydrogens (tertiary/aromatic N) is 2. The zero-order valence-electron chi connectivity index (χ0n) is 10.7. The van der Waals surface area contributed by atoms with Gasteiger partial charge in [0.2, 0.25) is 0 Å². The maximum absolute atomic E-state index is 11.0. The smallest absolute Gasteiger partial charge is 0.309 e. The van der Waals surface area contributed by atoms with Crippen molar-refractivity contribution in [2.45, 2.75) is 32.2 Å². The molecule has 0 fully saturated rings. The van der Waals surface area contributed by atoms with Crippen LogP contribution in [0.2, 0.25) is 0 Å². The third-order valence-electron chi connectivity index (χ3n) is 3.54. The highest BCUT2D eigenvalue weighted by atomic mass is 16.4. The van der Waals surface area contributed by atoms with E-state index in [9.17, 15) is 4.79 Å². The number of aryl methyl sites for hydroxylation is 1. The summed E-state index contributed by atoms with van der Waals surface area (Å²) in [4.78, 5) is 11.0. The van der Waals surface area contributed by atoms with Gasteiger partial charge in [-0.25, -0.2) is 0 Å². The van der Waals surface area contributed by atoms with E-state index in [4.69, 9.17) is 5.11 Å². The molecule has 0 atom stereocenters. The first-order valence-corrected chi connectivity index (χ1v) is 6.61. The van der Waals surface area contributed by atoms with Crippen LogP contribution in [0.1, 0.15) is 24.2 Å². The van der Waals surface area contributed by atoms with Crippen LogP contribution in [-0.2, 0) is 24.2 Å². The summed E-state index contributed by atoms with van der Waals surface area (Å²) in [6.45, 7) is 0.898. The van der Waals surface area contributed by atoms with E-state index in [1.165, 1.54) is 5.69 Å². The Morgan fingerprint density at radius 2 is 2.05 bits per heavy atom. The molecule has 19 heavy (non-hydrogen) atoms. The minimum atomic E-state index is -0.826. The van der Waals surface area contributed by atoms with Crippen LogP contribution in [-0.4, -0.2) is 20.9 Å². The maximum Gasteiger partial charge on any atom is 0.309 e. The fraction of sp³-hybridized carbons (Fsp3) is 0.333. The molecule has 2 heterocycles. The second kappa shape index (κ2) is 4.88. The van der Waals surface area contributed by atoms with Crippen molar-refractivity contribution < 1.29 is 9.90 Å². The van der Waals surface area contributed by atoms with Crippen LogP contribution in [0, 0.1) is 0 Å². The van der Waals surface area contributed by atoms with Crippen molar-refractivity contribution in [1.29, 1.82) is 0 Å². The van der Waals surface area contributed by atoms with Gasteiger partial charge in [0, 0.05) is 17.8 Å². The Hall–Kier alpha value is -2.10. The first-order chi connectivity index (χ1) is 9.25. The zero-order chi connectivity index (χ0) is 13.2. The molecule has 0 saturated heterocycles. The van der Waals surface area contributed by atoms with E-state index in [1.54, 1.807) is 0 Å². The third kappa shape index (κ3) is 2.26. The molecule has 0 radical (unpaired) electrons. The zero-order valence-corrected chi connectivity index (χ0v) is 10.7. The fourth-order valence-electron chi connectivity index (χ4n) is 2.75. The molecule has 0 amide bonds. The van der Waals surface area contributed by atoms with Gasteiger partial charge in [0.05, 0.1) is 12.1 Å². The molecule has 0 saturated carbocycles. The Morgan fingerprint density at radius 3 is 2.79 bits per heavy atom. The van der Waals surface area contributed by atoms with Gasteiger partial charge in [-0.05, 0) is 24.8 Å². The lowest BCUT2D eigenvalue weighted by Crippen LogP contribution is -2.11. The summed E-state index contributed by atoms with van der Waals surface area (Å²) in [5, 5.41) is 13.6. The van der Waals surface area contributed by atoms with Gasteiger partial charge < -0.3 is 5.11 Å². The second-order valence-corrected chi connectivity index (χ2v) is 4.89. The molecule has 98 valence electrons. The molecule has 1 N–H and O–H groups in total. The SMILES string of the molecule is O=C(O)Cc1nn2c(c1-c1ccccc1)CCCC2. The highest BCUT2D eigenvalue weighted by Gasteiger charge is 2.22. The van der Waals surface area contributed by atoms with Crippen molar-refractivity contribution >= 4 is 5.97 Å². The Balaban J connectivity index is 2.14. The lowest BCUT2D eigenvalue weighted by molar-refractivity contribution is -0.136. The lowest BCUT2D eigenvalue weighted by atomic mass is 9.97.